The number of allylic oxidation sites excluding steroid dienone is 1. The summed E-state index contributed by atoms with van der Waals surface area (Å²) < 4.78 is 4.17. The summed E-state index contributed by atoms with van der Waals surface area (Å²) in [5.41, 5.74) is 6.67. The average molecular weight is 435 g/mol. The SMILES string of the molecule is Cc1nc2n(Cc3ccccc3)c3ccccc3n2c1C(=O)/C=C/c1ccc(N(C)C)cc1. The van der Waals surface area contributed by atoms with Crippen LogP contribution < -0.4 is 4.90 Å². The Morgan fingerprint density at radius 1 is 0.909 bits per heavy atom. The number of aryl methyl sites for hydroxylation is 1. The molecule has 5 aromatic rings. The van der Waals surface area contributed by atoms with E-state index in [0.29, 0.717) is 12.2 Å². The number of para-hydroxylation sites is 2. The predicted molar refractivity (Wildman–Crippen MR) is 135 cm³/mol. The Hall–Kier alpha value is -4.12. The van der Waals surface area contributed by atoms with Crippen LogP contribution in [0.25, 0.3) is 22.9 Å². The summed E-state index contributed by atoms with van der Waals surface area (Å²) in [5.74, 6) is 0.726. The molecule has 0 aliphatic rings. The Kier molecular flexibility index (Phi) is 5.31. The zero-order valence-electron chi connectivity index (χ0n) is 19.1. The Morgan fingerprint density at radius 3 is 2.27 bits per heavy atom. The minimum Gasteiger partial charge on any atom is -0.378 e. The van der Waals surface area contributed by atoms with E-state index >= 15 is 0 Å². The highest BCUT2D eigenvalue weighted by atomic mass is 16.1. The number of rotatable bonds is 6. The monoisotopic (exact) mass is 434 g/mol. The van der Waals surface area contributed by atoms with E-state index in [1.54, 1.807) is 6.08 Å². The lowest BCUT2D eigenvalue weighted by Gasteiger charge is -2.11. The van der Waals surface area contributed by atoms with Crippen LogP contribution in [0.15, 0.2) is 84.9 Å². The zero-order chi connectivity index (χ0) is 22.9. The first-order valence-electron chi connectivity index (χ1n) is 11.0. The summed E-state index contributed by atoms with van der Waals surface area (Å²) in [5, 5.41) is 0. The first-order valence-corrected chi connectivity index (χ1v) is 11.0. The quantitative estimate of drug-likeness (QED) is 0.258. The summed E-state index contributed by atoms with van der Waals surface area (Å²) in [6.45, 7) is 2.59. The molecule has 0 bridgehead atoms. The van der Waals surface area contributed by atoms with Crippen molar-refractivity contribution in [2.75, 3.05) is 19.0 Å². The van der Waals surface area contributed by atoms with Crippen LogP contribution >= 0.6 is 0 Å². The molecule has 5 rings (SSSR count). The van der Waals surface area contributed by atoms with Crippen molar-refractivity contribution in [2.24, 2.45) is 0 Å². The molecule has 0 unspecified atom stereocenters. The van der Waals surface area contributed by atoms with Gasteiger partial charge in [-0.05, 0) is 48.4 Å². The molecule has 0 fully saturated rings. The standard InChI is InChI=1S/C28H26N4O/c1-20-27(26(33)18-15-21-13-16-23(17-14-21)30(2)3)32-25-12-8-7-11-24(25)31(28(32)29-20)19-22-9-5-4-6-10-22/h4-18H,19H2,1-3H3/b18-15+. The number of ketones is 1. The topological polar surface area (TPSA) is 42.5 Å². The van der Waals surface area contributed by atoms with Crippen LogP contribution in [-0.4, -0.2) is 33.8 Å². The fourth-order valence-corrected chi connectivity index (χ4v) is 4.26. The fourth-order valence-electron chi connectivity index (χ4n) is 4.26. The molecular weight excluding hydrogens is 408 g/mol. The Bertz CT molecular complexity index is 1470. The minimum atomic E-state index is -0.0562. The van der Waals surface area contributed by atoms with E-state index in [2.05, 4.69) is 27.7 Å². The number of nitrogens with zero attached hydrogens (tertiary/aromatic N) is 4. The van der Waals surface area contributed by atoms with Gasteiger partial charge in [0.05, 0.1) is 23.3 Å². The number of anilines is 1. The van der Waals surface area contributed by atoms with Crippen molar-refractivity contribution in [2.45, 2.75) is 13.5 Å². The summed E-state index contributed by atoms with van der Waals surface area (Å²) in [4.78, 5) is 20.2. The molecule has 33 heavy (non-hydrogen) atoms. The molecule has 2 aromatic heterocycles. The van der Waals surface area contributed by atoms with E-state index in [4.69, 9.17) is 4.98 Å². The van der Waals surface area contributed by atoms with Crippen molar-refractivity contribution in [1.29, 1.82) is 0 Å². The highest BCUT2D eigenvalue weighted by Gasteiger charge is 2.21. The third kappa shape index (κ3) is 3.82. The molecule has 5 nitrogen and oxygen atoms in total. The van der Waals surface area contributed by atoms with Crippen LogP contribution in [0.3, 0.4) is 0 Å². The number of hydrogen-bond acceptors (Lipinski definition) is 3. The molecule has 3 aromatic carbocycles. The van der Waals surface area contributed by atoms with Crippen LogP contribution in [0.4, 0.5) is 5.69 Å². The second kappa shape index (κ2) is 8.43. The van der Waals surface area contributed by atoms with Crippen LogP contribution in [0.2, 0.25) is 0 Å². The van der Waals surface area contributed by atoms with Crippen LogP contribution in [0, 0.1) is 6.92 Å². The van der Waals surface area contributed by atoms with E-state index in [-0.39, 0.29) is 5.78 Å². The fraction of sp³-hybridized carbons (Fsp3) is 0.143. The lowest BCUT2D eigenvalue weighted by atomic mass is 10.1. The van der Waals surface area contributed by atoms with Gasteiger partial charge in [-0.2, -0.15) is 0 Å². The zero-order valence-corrected chi connectivity index (χ0v) is 19.1. The Balaban J connectivity index is 1.57. The average Bonchev–Trinajstić information content (AvgIpc) is 3.32. The lowest BCUT2D eigenvalue weighted by Crippen LogP contribution is -2.07. The van der Waals surface area contributed by atoms with Crippen molar-refractivity contribution in [1.82, 2.24) is 14.0 Å². The third-order valence-electron chi connectivity index (χ3n) is 5.94. The van der Waals surface area contributed by atoms with E-state index in [0.717, 1.165) is 33.8 Å². The molecule has 0 spiro atoms. The van der Waals surface area contributed by atoms with Crippen LogP contribution in [-0.2, 0) is 6.54 Å². The van der Waals surface area contributed by atoms with Gasteiger partial charge in [-0.25, -0.2) is 4.98 Å². The summed E-state index contributed by atoms with van der Waals surface area (Å²) in [6.07, 6.45) is 3.51. The minimum absolute atomic E-state index is 0.0562. The van der Waals surface area contributed by atoms with Gasteiger partial charge in [-0.1, -0.05) is 60.7 Å². The third-order valence-corrected chi connectivity index (χ3v) is 5.94. The van der Waals surface area contributed by atoms with E-state index in [9.17, 15) is 4.79 Å². The van der Waals surface area contributed by atoms with Gasteiger partial charge in [-0.15, -0.1) is 0 Å². The summed E-state index contributed by atoms with van der Waals surface area (Å²) in [7, 11) is 4.02. The van der Waals surface area contributed by atoms with Gasteiger partial charge in [0.2, 0.25) is 11.6 Å². The largest absolute Gasteiger partial charge is 0.378 e. The molecule has 0 aliphatic carbocycles. The van der Waals surface area contributed by atoms with Gasteiger partial charge in [0.15, 0.2) is 0 Å². The summed E-state index contributed by atoms with van der Waals surface area (Å²) in [6, 6.07) is 26.6. The van der Waals surface area contributed by atoms with E-state index in [1.165, 1.54) is 5.56 Å². The second-order valence-electron chi connectivity index (χ2n) is 8.43. The molecule has 5 heteroatoms. The molecular formula is C28H26N4O. The molecule has 0 saturated heterocycles. The van der Waals surface area contributed by atoms with E-state index < -0.39 is 0 Å². The number of imidazole rings is 2. The van der Waals surface area contributed by atoms with Crippen molar-refractivity contribution in [3.8, 4) is 0 Å². The van der Waals surface area contributed by atoms with Crippen molar-refractivity contribution < 1.29 is 4.79 Å². The van der Waals surface area contributed by atoms with Gasteiger partial charge in [0.25, 0.3) is 0 Å². The highest BCUT2D eigenvalue weighted by Crippen LogP contribution is 2.26. The van der Waals surface area contributed by atoms with E-state index in [1.807, 2.05) is 92.2 Å². The maximum absolute atomic E-state index is 13.3. The molecule has 2 heterocycles. The van der Waals surface area contributed by atoms with Crippen molar-refractivity contribution >= 4 is 34.4 Å². The number of aromatic nitrogens is 3. The number of carbonyl (C=O) groups excluding carboxylic acids is 1. The molecule has 164 valence electrons. The predicted octanol–water partition coefficient (Wildman–Crippen LogP) is 5.61. The molecule has 0 saturated carbocycles. The van der Waals surface area contributed by atoms with Crippen molar-refractivity contribution in [3.05, 3.63) is 107 Å². The number of hydrogen-bond donors (Lipinski definition) is 0. The van der Waals surface area contributed by atoms with Crippen LogP contribution in [0.5, 0.6) is 0 Å². The first-order chi connectivity index (χ1) is 16.0. The maximum atomic E-state index is 13.3. The van der Waals surface area contributed by atoms with Crippen LogP contribution in [0.1, 0.15) is 27.3 Å². The van der Waals surface area contributed by atoms with Gasteiger partial charge >= 0.3 is 0 Å². The van der Waals surface area contributed by atoms with Crippen molar-refractivity contribution in [3.63, 3.8) is 0 Å². The molecule has 0 amide bonds. The Morgan fingerprint density at radius 2 is 1.58 bits per heavy atom. The highest BCUT2D eigenvalue weighted by molar-refractivity contribution is 6.08. The molecule has 0 aliphatic heterocycles. The molecule has 0 atom stereocenters. The first kappa shape index (κ1) is 20.8. The summed E-state index contributed by atoms with van der Waals surface area (Å²) >= 11 is 0. The molecule has 0 radical (unpaired) electrons. The smallest absolute Gasteiger partial charge is 0.216 e. The normalized spacial score (nSPS) is 11.6. The maximum Gasteiger partial charge on any atom is 0.216 e. The number of fused-ring (bicyclic) bond motifs is 3. The van der Waals surface area contributed by atoms with Gasteiger partial charge in [0.1, 0.15) is 5.69 Å². The van der Waals surface area contributed by atoms with Gasteiger partial charge < -0.3 is 9.47 Å². The lowest BCUT2D eigenvalue weighted by molar-refractivity contribution is 0.104. The Labute approximate surface area is 193 Å². The van der Waals surface area contributed by atoms with Gasteiger partial charge in [0, 0.05) is 19.8 Å². The molecule has 0 N–H and O–H groups in total. The number of benzene rings is 3. The number of carbonyl (C=O) groups is 1. The second-order valence-corrected chi connectivity index (χ2v) is 8.43. The van der Waals surface area contributed by atoms with Gasteiger partial charge in [-0.3, -0.25) is 9.20 Å².